The van der Waals surface area contributed by atoms with Gasteiger partial charge in [-0.25, -0.2) is 0 Å². The first-order chi connectivity index (χ1) is 12.1. The summed E-state index contributed by atoms with van der Waals surface area (Å²) in [5, 5.41) is 0. The van der Waals surface area contributed by atoms with Crippen LogP contribution in [-0.2, 0) is 9.59 Å². The molecular weight excluding hydrogens is 316 g/mol. The molecule has 25 heavy (non-hydrogen) atoms. The van der Waals surface area contributed by atoms with Gasteiger partial charge >= 0.3 is 11.9 Å². The fourth-order valence-corrected chi connectivity index (χ4v) is 2.55. The van der Waals surface area contributed by atoms with Crippen molar-refractivity contribution < 1.29 is 19.1 Å². The summed E-state index contributed by atoms with van der Waals surface area (Å²) in [4.78, 5) is 24.0. The first kappa shape index (κ1) is 21.2. The maximum absolute atomic E-state index is 12.3. The highest BCUT2D eigenvalue weighted by Gasteiger charge is 2.18. The van der Waals surface area contributed by atoms with Crippen molar-refractivity contribution >= 4 is 11.9 Å². The largest absolute Gasteiger partial charge is 0.423 e. The first-order valence-corrected chi connectivity index (χ1v) is 9.59. The second kappa shape index (κ2) is 12.5. The number of benzene rings is 1. The average molecular weight is 348 g/mol. The second-order valence-corrected chi connectivity index (χ2v) is 6.55. The molecule has 0 heterocycles. The molecule has 0 aromatic heterocycles. The molecule has 0 fully saturated rings. The molecule has 0 aliphatic carbocycles. The number of ether oxygens (including phenoxy) is 2. The molecule has 1 aromatic rings. The number of carbonyl (C=O) groups is 2. The first-order valence-electron chi connectivity index (χ1n) is 9.59. The second-order valence-electron chi connectivity index (χ2n) is 6.55. The van der Waals surface area contributed by atoms with Gasteiger partial charge in [-0.3, -0.25) is 9.59 Å². The fraction of sp³-hybridized carbons (Fsp3) is 0.619. The SMILES string of the molecule is CCCCCCCCC(C)C(=O)Oc1ccccc1OC(=O)CCC. The van der Waals surface area contributed by atoms with Crippen molar-refractivity contribution in [1.82, 2.24) is 0 Å². The minimum Gasteiger partial charge on any atom is -0.423 e. The lowest BCUT2D eigenvalue weighted by molar-refractivity contribution is -0.140. The number of para-hydroxylation sites is 2. The summed E-state index contributed by atoms with van der Waals surface area (Å²) in [5.41, 5.74) is 0. The highest BCUT2D eigenvalue weighted by molar-refractivity contribution is 5.77. The Labute approximate surface area is 151 Å². The van der Waals surface area contributed by atoms with Crippen LogP contribution in [-0.4, -0.2) is 11.9 Å². The van der Waals surface area contributed by atoms with Crippen molar-refractivity contribution in [2.45, 2.75) is 78.6 Å². The number of hydrogen-bond acceptors (Lipinski definition) is 4. The molecule has 0 aliphatic heterocycles. The van der Waals surface area contributed by atoms with Crippen LogP contribution in [0.25, 0.3) is 0 Å². The zero-order valence-corrected chi connectivity index (χ0v) is 15.9. The van der Waals surface area contributed by atoms with Gasteiger partial charge in [0.2, 0.25) is 0 Å². The van der Waals surface area contributed by atoms with Gasteiger partial charge < -0.3 is 9.47 Å². The zero-order valence-electron chi connectivity index (χ0n) is 15.9. The number of carbonyl (C=O) groups excluding carboxylic acids is 2. The van der Waals surface area contributed by atoms with E-state index in [-0.39, 0.29) is 17.9 Å². The molecule has 0 N–H and O–H groups in total. The summed E-state index contributed by atoms with van der Waals surface area (Å²) in [6, 6.07) is 6.82. The summed E-state index contributed by atoms with van der Waals surface area (Å²) >= 11 is 0. The van der Waals surface area contributed by atoms with Gasteiger partial charge in [0.15, 0.2) is 11.5 Å². The van der Waals surface area contributed by atoms with E-state index in [0.717, 1.165) is 25.7 Å². The predicted octanol–water partition coefficient (Wildman–Crippen LogP) is 5.68. The monoisotopic (exact) mass is 348 g/mol. The van der Waals surface area contributed by atoms with Crippen molar-refractivity contribution in [2.24, 2.45) is 5.92 Å². The Hall–Kier alpha value is -1.84. The highest BCUT2D eigenvalue weighted by Crippen LogP contribution is 2.28. The van der Waals surface area contributed by atoms with Crippen molar-refractivity contribution in [2.75, 3.05) is 0 Å². The maximum atomic E-state index is 12.3. The predicted molar refractivity (Wildman–Crippen MR) is 99.8 cm³/mol. The van der Waals surface area contributed by atoms with Gasteiger partial charge in [0.25, 0.3) is 0 Å². The topological polar surface area (TPSA) is 52.6 Å². The molecule has 0 aliphatic rings. The lowest BCUT2D eigenvalue weighted by Gasteiger charge is -2.13. The van der Waals surface area contributed by atoms with Gasteiger partial charge in [0, 0.05) is 6.42 Å². The lowest BCUT2D eigenvalue weighted by Crippen LogP contribution is -2.18. The quantitative estimate of drug-likeness (QED) is 0.277. The molecule has 0 saturated heterocycles. The minimum atomic E-state index is -0.314. The van der Waals surface area contributed by atoms with E-state index >= 15 is 0 Å². The number of rotatable bonds is 12. The molecule has 0 amide bonds. The Kier molecular flexibility index (Phi) is 10.6. The average Bonchev–Trinajstić information content (AvgIpc) is 2.59. The van der Waals surface area contributed by atoms with Crippen LogP contribution < -0.4 is 9.47 Å². The van der Waals surface area contributed by atoms with Gasteiger partial charge in [-0.05, 0) is 25.0 Å². The van der Waals surface area contributed by atoms with Crippen LogP contribution in [0.1, 0.15) is 78.6 Å². The number of hydrogen-bond donors (Lipinski definition) is 0. The standard InChI is InChI=1S/C21H32O4/c1-4-6-7-8-9-10-14-17(3)21(23)25-19-16-12-11-15-18(19)24-20(22)13-5-2/h11-12,15-17H,4-10,13-14H2,1-3H3. The molecule has 0 saturated carbocycles. The van der Waals surface area contributed by atoms with E-state index in [2.05, 4.69) is 6.92 Å². The Bertz CT molecular complexity index is 524. The molecular formula is C21H32O4. The molecule has 4 heteroatoms. The van der Waals surface area contributed by atoms with Gasteiger partial charge in [-0.2, -0.15) is 0 Å². The smallest absolute Gasteiger partial charge is 0.314 e. The van der Waals surface area contributed by atoms with Crippen LogP contribution in [0.15, 0.2) is 24.3 Å². The van der Waals surface area contributed by atoms with E-state index in [9.17, 15) is 9.59 Å². The van der Waals surface area contributed by atoms with E-state index in [1.165, 1.54) is 25.7 Å². The summed E-state index contributed by atoms with van der Waals surface area (Å²) in [6.07, 6.45) is 9.10. The van der Waals surface area contributed by atoms with Crippen LogP contribution in [0, 0.1) is 5.92 Å². The van der Waals surface area contributed by atoms with Crippen LogP contribution in [0.2, 0.25) is 0 Å². The Morgan fingerprint density at radius 3 is 2.12 bits per heavy atom. The van der Waals surface area contributed by atoms with Crippen LogP contribution >= 0.6 is 0 Å². The van der Waals surface area contributed by atoms with Crippen molar-refractivity contribution in [3.05, 3.63) is 24.3 Å². The summed E-state index contributed by atoms with van der Waals surface area (Å²) in [5.74, 6) is -0.128. The van der Waals surface area contributed by atoms with Gasteiger partial charge in [0.1, 0.15) is 0 Å². The van der Waals surface area contributed by atoms with Gasteiger partial charge in [-0.15, -0.1) is 0 Å². The zero-order chi connectivity index (χ0) is 18.5. The molecule has 0 spiro atoms. The van der Waals surface area contributed by atoms with E-state index in [1.807, 2.05) is 13.8 Å². The third-order valence-corrected chi connectivity index (χ3v) is 4.13. The highest BCUT2D eigenvalue weighted by atomic mass is 16.6. The molecule has 1 rings (SSSR count). The molecule has 4 nitrogen and oxygen atoms in total. The summed E-state index contributed by atoms with van der Waals surface area (Å²) < 4.78 is 10.8. The summed E-state index contributed by atoms with van der Waals surface area (Å²) in [7, 11) is 0. The van der Waals surface area contributed by atoms with E-state index < -0.39 is 0 Å². The summed E-state index contributed by atoms with van der Waals surface area (Å²) in [6.45, 7) is 6.01. The van der Waals surface area contributed by atoms with Crippen LogP contribution in [0.3, 0.4) is 0 Å². The molecule has 1 aromatic carbocycles. The maximum Gasteiger partial charge on any atom is 0.314 e. The molecule has 140 valence electrons. The number of unbranched alkanes of at least 4 members (excludes halogenated alkanes) is 5. The molecule has 1 atom stereocenters. The Morgan fingerprint density at radius 1 is 0.880 bits per heavy atom. The van der Waals surface area contributed by atoms with Crippen LogP contribution in [0.5, 0.6) is 11.5 Å². The Morgan fingerprint density at radius 2 is 1.48 bits per heavy atom. The van der Waals surface area contributed by atoms with Crippen molar-refractivity contribution in [1.29, 1.82) is 0 Å². The molecule has 0 bridgehead atoms. The normalized spacial score (nSPS) is 11.8. The molecule has 1 unspecified atom stereocenters. The lowest BCUT2D eigenvalue weighted by atomic mass is 10.0. The number of esters is 2. The van der Waals surface area contributed by atoms with Crippen molar-refractivity contribution in [3.8, 4) is 11.5 Å². The van der Waals surface area contributed by atoms with Gasteiger partial charge in [-0.1, -0.05) is 71.4 Å². The Balaban J connectivity index is 2.46. The van der Waals surface area contributed by atoms with E-state index in [1.54, 1.807) is 24.3 Å². The minimum absolute atomic E-state index is 0.162. The van der Waals surface area contributed by atoms with E-state index in [0.29, 0.717) is 17.9 Å². The van der Waals surface area contributed by atoms with Crippen LogP contribution in [0.4, 0.5) is 0 Å². The van der Waals surface area contributed by atoms with Gasteiger partial charge in [0.05, 0.1) is 5.92 Å². The third-order valence-electron chi connectivity index (χ3n) is 4.13. The van der Waals surface area contributed by atoms with Crippen molar-refractivity contribution in [3.63, 3.8) is 0 Å². The third kappa shape index (κ3) is 8.71. The molecule has 0 radical (unpaired) electrons. The van der Waals surface area contributed by atoms with E-state index in [4.69, 9.17) is 9.47 Å². The fourth-order valence-electron chi connectivity index (χ4n) is 2.55.